The van der Waals surface area contributed by atoms with E-state index >= 15 is 0 Å². The molecule has 0 aromatic heterocycles. The number of hydrogen-bond donors (Lipinski definition) is 1. The van der Waals surface area contributed by atoms with Crippen molar-refractivity contribution in [2.24, 2.45) is 5.92 Å². The van der Waals surface area contributed by atoms with Gasteiger partial charge in [-0.15, -0.1) is 0 Å². The largest absolute Gasteiger partial charge is 0.456 e. The maximum Gasteiger partial charge on any atom is 0.338 e. The van der Waals surface area contributed by atoms with Crippen LogP contribution in [0.15, 0.2) is 54.6 Å². The minimum Gasteiger partial charge on any atom is -0.456 e. The number of ether oxygens (including phenoxy) is 1. The first-order valence-electron chi connectivity index (χ1n) is 11.7. The molecule has 1 aliphatic heterocycles. The molecule has 2 aromatic carbocycles. The van der Waals surface area contributed by atoms with E-state index in [0.29, 0.717) is 17.5 Å². The smallest absolute Gasteiger partial charge is 0.338 e. The van der Waals surface area contributed by atoms with E-state index < -0.39 is 5.60 Å². The van der Waals surface area contributed by atoms with Gasteiger partial charge < -0.3 is 10.1 Å². The molecule has 1 aliphatic carbocycles. The van der Waals surface area contributed by atoms with Gasteiger partial charge in [-0.05, 0) is 88.8 Å². The first-order chi connectivity index (χ1) is 14.9. The molecule has 4 heteroatoms. The van der Waals surface area contributed by atoms with Crippen molar-refractivity contribution in [1.29, 1.82) is 0 Å². The highest BCUT2D eigenvalue weighted by Gasteiger charge is 2.38. The van der Waals surface area contributed by atoms with E-state index in [-0.39, 0.29) is 5.97 Å². The van der Waals surface area contributed by atoms with Gasteiger partial charge in [-0.2, -0.15) is 0 Å². The maximum absolute atomic E-state index is 12.2. The number of carbonyl (C=O) groups is 1. The predicted octanol–water partition coefficient (Wildman–Crippen LogP) is 5.00. The van der Waals surface area contributed by atoms with Crippen LogP contribution in [0.1, 0.15) is 67.4 Å². The molecular formula is C27H36N2O2. The van der Waals surface area contributed by atoms with Crippen LogP contribution < -0.4 is 5.32 Å². The summed E-state index contributed by atoms with van der Waals surface area (Å²) in [6.07, 6.45) is 3.79. The van der Waals surface area contributed by atoms with Crippen molar-refractivity contribution >= 4 is 5.97 Å². The lowest BCUT2D eigenvalue weighted by atomic mass is 9.96. The molecule has 0 amide bonds. The number of rotatable bonds is 7. The SMILES string of the molecule is CC(C)(C)OC(=O)c1ccc(CN2CCC(CN[C@H]3C[C@@H]3c3ccccc3)CC2)cc1. The standard InChI is InChI=1S/C27H36N2O2/c1-27(2,3)31-26(30)23-11-9-21(10-12-23)19-29-15-13-20(14-16-29)18-28-25-17-24(25)22-7-5-4-6-8-22/h4-12,20,24-25,28H,13-19H2,1-3H3/t24-,25+/m1/s1. The van der Waals surface area contributed by atoms with Crippen LogP contribution in [0.3, 0.4) is 0 Å². The molecule has 31 heavy (non-hydrogen) atoms. The Labute approximate surface area is 187 Å². The normalized spacial score (nSPS) is 22.3. The molecule has 2 aliphatic rings. The highest BCUT2D eigenvalue weighted by atomic mass is 16.6. The Hall–Kier alpha value is -2.17. The molecule has 2 fully saturated rings. The van der Waals surface area contributed by atoms with Gasteiger partial charge in [0.15, 0.2) is 0 Å². The third kappa shape index (κ3) is 6.41. The molecule has 1 saturated heterocycles. The predicted molar refractivity (Wildman–Crippen MR) is 125 cm³/mol. The number of benzene rings is 2. The number of esters is 1. The number of likely N-dealkylation sites (tertiary alicyclic amines) is 1. The Bertz CT molecular complexity index is 849. The number of carbonyl (C=O) groups excluding carboxylic acids is 1. The van der Waals surface area contributed by atoms with Gasteiger partial charge in [0, 0.05) is 18.5 Å². The molecule has 4 rings (SSSR count). The molecule has 0 bridgehead atoms. The summed E-state index contributed by atoms with van der Waals surface area (Å²) in [4.78, 5) is 14.7. The third-order valence-corrected chi connectivity index (χ3v) is 6.39. The van der Waals surface area contributed by atoms with Crippen LogP contribution in [0, 0.1) is 5.92 Å². The summed E-state index contributed by atoms with van der Waals surface area (Å²) >= 11 is 0. The topological polar surface area (TPSA) is 41.6 Å². The molecule has 0 unspecified atom stereocenters. The summed E-state index contributed by atoms with van der Waals surface area (Å²) in [6.45, 7) is 10.1. The van der Waals surface area contributed by atoms with Gasteiger partial charge >= 0.3 is 5.97 Å². The third-order valence-electron chi connectivity index (χ3n) is 6.39. The first-order valence-corrected chi connectivity index (χ1v) is 11.7. The molecule has 1 heterocycles. The zero-order valence-electron chi connectivity index (χ0n) is 19.1. The highest BCUT2D eigenvalue weighted by Crippen LogP contribution is 2.40. The lowest BCUT2D eigenvalue weighted by Crippen LogP contribution is -2.37. The van der Waals surface area contributed by atoms with E-state index in [4.69, 9.17) is 4.74 Å². The molecule has 166 valence electrons. The zero-order chi connectivity index (χ0) is 21.8. The van der Waals surface area contributed by atoms with Gasteiger partial charge in [-0.25, -0.2) is 4.79 Å². The fraction of sp³-hybridized carbons (Fsp3) is 0.519. The minimum atomic E-state index is -0.461. The van der Waals surface area contributed by atoms with E-state index in [2.05, 4.69) is 52.7 Å². The van der Waals surface area contributed by atoms with Crippen LogP contribution in [-0.2, 0) is 11.3 Å². The van der Waals surface area contributed by atoms with Crippen molar-refractivity contribution in [3.63, 3.8) is 0 Å². The van der Waals surface area contributed by atoms with Gasteiger partial charge in [-0.1, -0.05) is 42.5 Å². The first kappa shape index (κ1) is 22.0. The lowest BCUT2D eigenvalue weighted by Gasteiger charge is -2.32. The summed E-state index contributed by atoms with van der Waals surface area (Å²) in [6, 6.07) is 19.5. The molecule has 2 aromatic rings. The van der Waals surface area contributed by atoms with Crippen LogP contribution >= 0.6 is 0 Å². The minimum absolute atomic E-state index is 0.252. The van der Waals surface area contributed by atoms with Crippen molar-refractivity contribution < 1.29 is 9.53 Å². The van der Waals surface area contributed by atoms with E-state index in [9.17, 15) is 4.79 Å². The van der Waals surface area contributed by atoms with E-state index in [1.165, 1.54) is 30.4 Å². The molecule has 1 N–H and O–H groups in total. The van der Waals surface area contributed by atoms with Crippen molar-refractivity contribution in [2.45, 2.75) is 64.1 Å². The van der Waals surface area contributed by atoms with Crippen molar-refractivity contribution in [3.8, 4) is 0 Å². The van der Waals surface area contributed by atoms with Gasteiger partial charge in [0.25, 0.3) is 0 Å². The molecule has 0 spiro atoms. The molecule has 1 saturated carbocycles. The molecular weight excluding hydrogens is 384 g/mol. The summed E-state index contributed by atoms with van der Waals surface area (Å²) in [5.74, 6) is 1.24. The Morgan fingerprint density at radius 3 is 2.35 bits per heavy atom. The Kier molecular flexibility index (Phi) is 6.78. The average Bonchev–Trinajstić information content (AvgIpc) is 3.53. The fourth-order valence-corrected chi connectivity index (χ4v) is 4.50. The van der Waals surface area contributed by atoms with E-state index in [0.717, 1.165) is 32.1 Å². The summed E-state index contributed by atoms with van der Waals surface area (Å²) in [5.41, 5.74) is 2.90. The number of nitrogens with one attached hydrogen (secondary N) is 1. The number of piperidine rings is 1. The number of hydrogen-bond acceptors (Lipinski definition) is 4. The van der Waals surface area contributed by atoms with Crippen LogP contribution in [-0.4, -0.2) is 42.1 Å². The van der Waals surface area contributed by atoms with Gasteiger partial charge in [-0.3, -0.25) is 4.90 Å². The molecule has 4 nitrogen and oxygen atoms in total. The van der Waals surface area contributed by atoms with Gasteiger partial charge in [0.1, 0.15) is 5.60 Å². The Morgan fingerprint density at radius 1 is 1.03 bits per heavy atom. The second kappa shape index (κ2) is 9.54. The molecule has 2 atom stereocenters. The second-order valence-corrected chi connectivity index (χ2v) is 10.2. The van der Waals surface area contributed by atoms with Crippen molar-refractivity contribution in [2.75, 3.05) is 19.6 Å². The van der Waals surface area contributed by atoms with Gasteiger partial charge in [0.2, 0.25) is 0 Å². The molecule has 0 radical (unpaired) electrons. The van der Waals surface area contributed by atoms with Crippen molar-refractivity contribution in [3.05, 3.63) is 71.3 Å². The van der Waals surface area contributed by atoms with Gasteiger partial charge in [0.05, 0.1) is 5.56 Å². The fourth-order valence-electron chi connectivity index (χ4n) is 4.50. The Morgan fingerprint density at radius 2 is 1.71 bits per heavy atom. The van der Waals surface area contributed by atoms with Crippen LogP contribution in [0.5, 0.6) is 0 Å². The summed E-state index contributed by atoms with van der Waals surface area (Å²) in [5, 5.41) is 3.81. The van der Waals surface area contributed by atoms with Crippen LogP contribution in [0.25, 0.3) is 0 Å². The van der Waals surface area contributed by atoms with Crippen LogP contribution in [0.2, 0.25) is 0 Å². The summed E-state index contributed by atoms with van der Waals surface area (Å²) in [7, 11) is 0. The zero-order valence-corrected chi connectivity index (χ0v) is 19.1. The average molecular weight is 421 g/mol. The number of nitrogens with zero attached hydrogens (tertiary/aromatic N) is 1. The second-order valence-electron chi connectivity index (χ2n) is 10.2. The maximum atomic E-state index is 12.2. The van der Waals surface area contributed by atoms with E-state index in [1.807, 2.05) is 32.9 Å². The van der Waals surface area contributed by atoms with Crippen LogP contribution in [0.4, 0.5) is 0 Å². The van der Waals surface area contributed by atoms with Crippen molar-refractivity contribution in [1.82, 2.24) is 10.2 Å². The summed E-state index contributed by atoms with van der Waals surface area (Å²) < 4.78 is 5.45. The highest BCUT2D eigenvalue weighted by molar-refractivity contribution is 5.89. The van der Waals surface area contributed by atoms with E-state index in [1.54, 1.807) is 0 Å². The Balaban J connectivity index is 1.16. The quantitative estimate of drug-likeness (QED) is 0.640. The lowest BCUT2D eigenvalue weighted by molar-refractivity contribution is 0.00695. The monoisotopic (exact) mass is 420 g/mol.